The lowest BCUT2D eigenvalue weighted by atomic mass is 10.1. The smallest absolute Gasteiger partial charge is 0.220 e. The molecule has 0 bridgehead atoms. The second-order valence-electron chi connectivity index (χ2n) is 7.62. The molecule has 4 aromatic rings. The molecule has 0 aliphatic carbocycles. The number of carbonyl (C=O) groups is 1. The first-order chi connectivity index (χ1) is 16.2. The van der Waals surface area contributed by atoms with Crippen LogP contribution in [0.2, 0.25) is 0 Å². The molecule has 33 heavy (non-hydrogen) atoms. The van der Waals surface area contributed by atoms with E-state index < -0.39 is 0 Å². The van der Waals surface area contributed by atoms with Crippen LogP contribution in [0, 0.1) is 0 Å². The molecule has 0 radical (unpaired) electrons. The molecule has 5 nitrogen and oxygen atoms in total. The number of ether oxygens (including phenoxy) is 2. The number of rotatable bonds is 10. The largest absolute Gasteiger partial charge is 0.489 e. The fourth-order valence-electron chi connectivity index (χ4n) is 3.33. The van der Waals surface area contributed by atoms with E-state index in [1.807, 2.05) is 91.0 Å². The van der Waals surface area contributed by atoms with Crippen LogP contribution in [0.5, 0.6) is 17.4 Å². The van der Waals surface area contributed by atoms with Gasteiger partial charge in [0.25, 0.3) is 0 Å². The Morgan fingerprint density at radius 2 is 1.48 bits per heavy atom. The summed E-state index contributed by atoms with van der Waals surface area (Å²) in [7, 11) is 0. The van der Waals surface area contributed by atoms with Gasteiger partial charge in [0.15, 0.2) is 0 Å². The minimum absolute atomic E-state index is 0.00153. The number of hydrogen-bond donors (Lipinski definition) is 1. The van der Waals surface area contributed by atoms with Crippen molar-refractivity contribution < 1.29 is 14.3 Å². The first-order valence-electron chi connectivity index (χ1n) is 10.9. The highest BCUT2D eigenvalue weighted by atomic mass is 16.5. The molecular weight excluding hydrogens is 412 g/mol. The number of carbonyl (C=O) groups excluding carboxylic acids is 1. The predicted octanol–water partition coefficient (Wildman–Crippen LogP) is 5.70. The van der Waals surface area contributed by atoms with Crippen LogP contribution < -0.4 is 14.8 Å². The standard InChI is InChI=1S/C28H26N2O3/c31-27(30-20-24-11-7-13-26(19-24)33-28-14-4-5-17-29-28)16-15-22-10-6-12-25(18-22)32-21-23-8-2-1-3-9-23/h1-14,17-19H,15-16,20-21H2,(H,30,31). The number of nitrogens with zero attached hydrogens (tertiary/aromatic N) is 1. The average molecular weight is 439 g/mol. The summed E-state index contributed by atoms with van der Waals surface area (Å²) >= 11 is 0. The summed E-state index contributed by atoms with van der Waals surface area (Å²) < 4.78 is 11.6. The Hall–Kier alpha value is -4.12. The van der Waals surface area contributed by atoms with Gasteiger partial charge >= 0.3 is 0 Å². The molecule has 4 rings (SSSR count). The van der Waals surface area contributed by atoms with Crippen molar-refractivity contribution in [3.05, 3.63) is 120 Å². The normalized spacial score (nSPS) is 10.4. The van der Waals surface area contributed by atoms with Crippen LogP contribution in [0.1, 0.15) is 23.1 Å². The fourth-order valence-corrected chi connectivity index (χ4v) is 3.33. The highest BCUT2D eigenvalue weighted by Gasteiger charge is 2.05. The summed E-state index contributed by atoms with van der Waals surface area (Å²) in [5.74, 6) is 2.03. The summed E-state index contributed by atoms with van der Waals surface area (Å²) in [6, 6.07) is 31.1. The van der Waals surface area contributed by atoms with E-state index in [4.69, 9.17) is 9.47 Å². The van der Waals surface area contributed by atoms with Crippen LogP contribution in [-0.2, 0) is 24.4 Å². The third-order valence-corrected chi connectivity index (χ3v) is 5.04. The van der Waals surface area contributed by atoms with Gasteiger partial charge in [-0.05, 0) is 53.4 Å². The number of hydrogen-bond acceptors (Lipinski definition) is 4. The number of benzene rings is 3. The van der Waals surface area contributed by atoms with E-state index in [9.17, 15) is 4.79 Å². The van der Waals surface area contributed by atoms with Gasteiger partial charge in [0, 0.05) is 25.2 Å². The number of aromatic nitrogens is 1. The molecule has 0 aliphatic rings. The van der Waals surface area contributed by atoms with Gasteiger partial charge in [0.05, 0.1) is 0 Å². The number of amides is 1. The summed E-state index contributed by atoms with van der Waals surface area (Å²) in [5, 5.41) is 2.98. The Kier molecular flexibility index (Phi) is 7.69. The Morgan fingerprint density at radius 3 is 2.30 bits per heavy atom. The zero-order chi connectivity index (χ0) is 22.7. The second kappa shape index (κ2) is 11.5. The number of aryl methyl sites for hydroxylation is 1. The van der Waals surface area contributed by atoms with E-state index in [0.29, 0.717) is 37.6 Å². The zero-order valence-electron chi connectivity index (χ0n) is 18.3. The summed E-state index contributed by atoms with van der Waals surface area (Å²) in [4.78, 5) is 16.5. The third-order valence-electron chi connectivity index (χ3n) is 5.04. The van der Waals surface area contributed by atoms with Gasteiger partial charge < -0.3 is 14.8 Å². The van der Waals surface area contributed by atoms with E-state index in [2.05, 4.69) is 10.3 Å². The van der Waals surface area contributed by atoms with Crippen molar-refractivity contribution >= 4 is 5.91 Å². The lowest BCUT2D eigenvalue weighted by Gasteiger charge is -2.10. The summed E-state index contributed by atoms with van der Waals surface area (Å²) in [6.45, 7) is 0.965. The molecule has 3 aromatic carbocycles. The number of nitrogens with one attached hydrogen (secondary N) is 1. The van der Waals surface area contributed by atoms with Gasteiger partial charge in [0.2, 0.25) is 11.8 Å². The Labute approximate surface area is 194 Å². The summed E-state index contributed by atoms with van der Waals surface area (Å²) in [6.07, 6.45) is 2.74. The highest BCUT2D eigenvalue weighted by Crippen LogP contribution is 2.20. The van der Waals surface area contributed by atoms with Crippen molar-refractivity contribution in [3.63, 3.8) is 0 Å². The quantitative estimate of drug-likeness (QED) is 0.345. The number of pyridine rings is 1. The Bertz CT molecular complexity index is 1160. The van der Waals surface area contributed by atoms with E-state index in [1.165, 1.54) is 0 Å². The lowest BCUT2D eigenvalue weighted by molar-refractivity contribution is -0.121. The van der Waals surface area contributed by atoms with E-state index >= 15 is 0 Å². The fraction of sp³-hybridized carbons (Fsp3) is 0.143. The molecule has 0 atom stereocenters. The molecule has 1 aromatic heterocycles. The molecule has 166 valence electrons. The first-order valence-corrected chi connectivity index (χ1v) is 10.9. The Balaban J connectivity index is 1.23. The lowest BCUT2D eigenvalue weighted by Crippen LogP contribution is -2.23. The molecule has 0 aliphatic heterocycles. The van der Waals surface area contributed by atoms with Crippen LogP contribution >= 0.6 is 0 Å². The molecular formula is C28H26N2O3. The van der Waals surface area contributed by atoms with Crippen molar-refractivity contribution in [2.24, 2.45) is 0 Å². The molecule has 1 amide bonds. The van der Waals surface area contributed by atoms with Gasteiger partial charge in [-0.1, -0.05) is 60.7 Å². The summed E-state index contributed by atoms with van der Waals surface area (Å²) in [5.41, 5.74) is 3.16. The van der Waals surface area contributed by atoms with Crippen LogP contribution in [0.3, 0.4) is 0 Å². The van der Waals surface area contributed by atoms with Crippen LogP contribution in [-0.4, -0.2) is 10.9 Å². The van der Waals surface area contributed by atoms with Gasteiger partial charge in [-0.25, -0.2) is 4.98 Å². The topological polar surface area (TPSA) is 60.5 Å². The molecule has 1 heterocycles. The average Bonchev–Trinajstić information content (AvgIpc) is 2.87. The first kappa shape index (κ1) is 22.1. The monoisotopic (exact) mass is 438 g/mol. The van der Waals surface area contributed by atoms with E-state index in [-0.39, 0.29) is 5.91 Å². The van der Waals surface area contributed by atoms with Gasteiger partial charge in [-0.2, -0.15) is 0 Å². The second-order valence-corrected chi connectivity index (χ2v) is 7.62. The maximum Gasteiger partial charge on any atom is 0.220 e. The van der Waals surface area contributed by atoms with Crippen molar-refractivity contribution in [2.75, 3.05) is 0 Å². The molecule has 1 N–H and O–H groups in total. The molecule has 5 heteroatoms. The minimum atomic E-state index is 0.00153. The molecule has 0 unspecified atom stereocenters. The third kappa shape index (κ3) is 7.21. The van der Waals surface area contributed by atoms with Gasteiger partial charge in [-0.15, -0.1) is 0 Å². The molecule has 0 spiro atoms. The van der Waals surface area contributed by atoms with Gasteiger partial charge in [0.1, 0.15) is 18.1 Å². The predicted molar refractivity (Wildman–Crippen MR) is 128 cm³/mol. The zero-order valence-corrected chi connectivity index (χ0v) is 18.3. The Morgan fingerprint density at radius 1 is 0.758 bits per heavy atom. The molecule has 0 saturated carbocycles. The SMILES string of the molecule is O=C(CCc1cccc(OCc2ccccc2)c1)NCc1cccc(Oc2ccccn2)c1. The minimum Gasteiger partial charge on any atom is -0.489 e. The van der Waals surface area contributed by atoms with Gasteiger partial charge in [-0.3, -0.25) is 4.79 Å². The maximum atomic E-state index is 12.4. The van der Waals surface area contributed by atoms with E-state index in [0.717, 1.165) is 22.4 Å². The van der Waals surface area contributed by atoms with Crippen LogP contribution in [0.4, 0.5) is 0 Å². The maximum absolute atomic E-state index is 12.4. The molecule has 0 saturated heterocycles. The highest BCUT2D eigenvalue weighted by molar-refractivity contribution is 5.76. The van der Waals surface area contributed by atoms with Crippen LogP contribution in [0.25, 0.3) is 0 Å². The van der Waals surface area contributed by atoms with E-state index in [1.54, 1.807) is 12.3 Å². The van der Waals surface area contributed by atoms with Crippen molar-refractivity contribution in [1.29, 1.82) is 0 Å². The van der Waals surface area contributed by atoms with Crippen molar-refractivity contribution in [1.82, 2.24) is 10.3 Å². The van der Waals surface area contributed by atoms with Crippen molar-refractivity contribution in [3.8, 4) is 17.4 Å². The molecule has 0 fully saturated rings. The van der Waals surface area contributed by atoms with Crippen LogP contribution in [0.15, 0.2) is 103 Å². The van der Waals surface area contributed by atoms with Crippen molar-refractivity contribution in [2.45, 2.75) is 26.0 Å².